The Morgan fingerprint density at radius 3 is 1.73 bits per heavy atom. The fraction of sp³-hybridized carbons (Fsp3) is 1.00. The molecule has 70 valence electrons. The lowest BCUT2D eigenvalue weighted by Gasteiger charge is -1.96. The summed E-state index contributed by atoms with van der Waals surface area (Å²) in [6, 6.07) is 0. The van der Waals surface area contributed by atoms with E-state index in [0.29, 0.717) is 0 Å². The summed E-state index contributed by atoms with van der Waals surface area (Å²) in [5.41, 5.74) is 3.82. The highest BCUT2D eigenvalue weighted by molar-refractivity contribution is 4.43. The number of hydrogen-bond donors (Lipinski definition) is 1. The first kappa shape index (κ1) is 13.8. The minimum Gasteiger partial charge on any atom is -1.00 e. The maximum Gasteiger partial charge on any atom is 0.0739 e. The van der Waals surface area contributed by atoms with Crippen molar-refractivity contribution in [2.75, 3.05) is 6.54 Å². The fourth-order valence-corrected chi connectivity index (χ4v) is 1.13. The van der Waals surface area contributed by atoms with Gasteiger partial charge in [0.15, 0.2) is 0 Å². The van der Waals surface area contributed by atoms with Gasteiger partial charge in [0, 0.05) is 0 Å². The van der Waals surface area contributed by atoms with Crippen molar-refractivity contribution in [3.05, 3.63) is 0 Å². The number of hydrogen-bond acceptors (Lipinski definition) is 0. The van der Waals surface area contributed by atoms with Gasteiger partial charge in [0.25, 0.3) is 0 Å². The molecular weight excluding hydrogens is 158 g/mol. The second-order valence-corrected chi connectivity index (χ2v) is 2.97. The second kappa shape index (κ2) is 12.9. The van der Waals surface area contributed by atoms with E-state index in [4.69, 9.17) is 0 Å². The second-order valence-electron chi connectivity index (χ2n) is 2.97. The quantitative estimate of drug-likeness (QED) is 0.485. The predicted octanol–water partition coefficient (Wildman–Crippen LogP) is -1.02. The average Bonchev–Trinajstić information content (AvgIpc) is 1.97. The Morgan fingerprint density at radius 2 is 1.27 bits per heavy atom. The van der Waals surface area contributed by atoms with Gasteiger partial charge in [-0.25, -0.2) is 0 Å². The molecule has 0 aromatic carbocycles. The van der Waals surface area contributed by atoms with Crippen molar-refractivity contribution in [3.8, 4) is 0 Å². The third kappa shape index (κ3) is 13.3. The van der Waals surface area contributed by atoms with Crippen molar-refractivity contribution in [1.82, 2.24) is 0 Å². The molecule has 0 atom stereocenters. The smallest absolute Gasteiger partial charge is 0.0739 e. The first-order valence-corrected chi connectivity index (χ1v) is 4.71. The van der Waals surface area contributed by atoms with Crippen molar-refractivity contribution in [2.24, 2.45) is 0 Å². The Morgan fingerprint density at radius 1 is 0.818 bits per heavy atom. The minimum atomic E-state index is 0. The minimum absolute atomic E-state index is 0. The van der Waals surface area contributed by atoms with Crippen LogP contribution in [0.25, 0.3) is 0 Å². The highest BCUT2D eigenvalue weighted by Gasteiger charge is 1.88. The molecule has 0 spiro atoms. The van der Waals surface area contributed by atoms with Gasteiger partial charge >= 0.3 is 0 Å². The molecule has 0 amide bonds. The van der Waals surface area contributed by atoms with Crippen LogP contribution < -0.4 is 18.1 Å². The normalized spacial score (nSPS) is 9.27. The molecular formula is C9H22ClN. The zero-order valence-electron chi connectivity index (χ0n) is 7.74. The fourth-order valence-electron chi connectivity index (χ4n) is 1.13. The van der Waals surface area contributed by atoms with Crippen LogP contribution in [-0.2, 0) is 0 Å². The van der Waals surface area contributed by atoms with Gasteiger partial charge < -0.3 is 18.1 Å². The Hall–Kier alpha value is 0.250. The van der Waals surface area contributed by atoms with E-state index in [-0.39, 0.29) is 12.4 Å². The molecule has 1 nitrogen and oxygen atoms in total. The summed E-state index contributed by atoms with van der Waals surface area (Å²) < 4.78 is 0. The molecule has 2 heteroatoms. The van der Waals surface area contributed by atoms with Gasteiger partial charge in [-0.3, -0.25) is 0 Å². The predicted molar refractivity (Wildman–Crippen MR) is 45.7 cm³/mol. The van der Waals surface area contributed by atoms with E-state index < -0.39 is 0 Å². The number of rotatable bonds is 7. The van der Waals surface area contributed by atoms with E-state index in [2.05, 4.69) is 12.7 Å². The SMILES string of the molecule is CCCCCCCCC[NH3+].[Cl-]. The summed E-state index contributed by atoms with van der Waals surface area (Å²) in [4.78, 5) is 0. The first-order valence-electron chi connectivity index (χ1n) is 4.71. The van der Waals surface area contributed by atoms with Gasteiger partial charge in [-0.2, -0.15) is 0 Å². The van der Waals surface area contributed by atoms with Crippen LogP contribution in [0.4, 0.5) is 0 Å². The summed E-state index contributed by atoms with van der Waals surface area (Å²) >= 11 is 0. The molecule has 0 aliphatic heterocycles. The zero-order valence-corrected chi connectivity index (χ0v) is 8.50. The molecule has 0 unspecified atom stereocenters. The lowest BCUT2D eigenvalue weighted by Crippen LogP contribution is -3.00. The van der Waals surface area contributed by atoms with E-state index in [1.165, 1.54) is 44.9 Å². The van der Waals surface area contributed by atoms with Crippen LogP contribution in [0.1, 0.15) is 51.9 Å². The number of quaternary nitrogens is 1. The number of unbranched alkanes of at least 4 members (excludes halogenated alkanes) is 6. The number of halogens is 1. The van der Waals surface area contributed by atoms with Crippen molar-refractivity contribution in [3.63, 3.8) is 0 Å². The van der Waals surface area contributed by atoms with Gasteiger partial charge in [0.1, 0.15) is 0 Å². The molecule has 0 rings (SSSR count). The molecule has 0 aliphatic rings. The molecule has 11 heavy (non-hydrogen) atoms. The van der Waals surface area contributed by atoms with Gasteiger partial charge in [0.2, 0.25) is 0 Å². The summed E-state index contributed by atoms with van der Waals surface area (Å²) in [5.74, 6) is 0. The molecule has 0 saturated heterocycles. The van der Waals surface area contributed by atoms with E-state index in [0.717, 1.165) is 6.54 Å². The highest BCUT2D eigenvalue weighted by atomic mass is 35.5. The Balaban J connectivity index is 0. The van der Waals surface area contributed by atoms with Gasteiger partial charge in [-0.15, -0.1) is 0 Å². The molecule has 0 aromatic heterocycles. The summed E-state index contributed by atoms with van der Waals surface area (Å²) in [6.07, 6.45) is 9.80. The molecule has 3 N–H and O–H groups in total. The molecule has 0 saturated carbocycles. The van der Waals surface area contributed by atoms with E-state index in [1.54, 1.807) is 0 Å². The molecule has 0 aromatic rings. The summed E-state index contributed by atoms with van der Waals surface area (Å²) in [7, 11) is 0. The molecule has 0 heterocycles. The van der Waals surface area contributed by atoms with Crippen LogP contribution in [0.3, 0.4) is 0 Å². The Labute approximate surface area is 77.2 Å². The van der Waals surface area contributed by atoms with Crippen LogP contribution in [0.2, 0.25) is 0 Å². The monoisotopic (exact) mass is 179 g/mol. The van der Waals surface area contributed by atoms with Crippen molar-refractivity contribution >= 4 is 0 Å². The van der Waals surface area contributed by atoms with Crippen LogP contribution in [-0.4, -0.2) is 6.54 Å². The van der Waals surface area contributed by atoms with E-state index >= 15 is 0 Å². The van der Waals surface area contributed by atoms with Crippen LogP contribution in [0, 0.1) is 0 Å². The summed E-state index contributed by atoms with van der Waals surface area (Å²) in [6.45, 7) is 3.38. The first-order chi connectivity index (χ1) is 4.91. The largest absolute Gasteiger partial charge is 1.00 e. The maximum atomic E-state index is 3.82. The topological polar surface area (TPSA) is 27.6 Å². The molecule has 0 fully saturated rings. The highest BCUT2D eigenvalue weighted by Crippen LogP contribution is 2.05. The van der Waals surface area contributed by atoms with Crippen LogP contribution in [0.15, 0.2) is 0 Å². The molecule has 0 radical (unpaired) electrons. The van der Waals surface area contributed by atoms with Crippen LogP contribution in [0.5, 0.6) is 0 Å². The van der Waals surface area contributed by atoms with E-state index in [1.807, 2.05) is 0 Å². The lowest BCUT2D eigenvalue weighted by molar-refractivity contribution is -0.368. The Bertz CT molecular complexity index is 49.5. The summed E-state index contributed by atoms with van der Waals surface area (Å²) in [5, 5.41) is 0. The van der Waals surface area contributed by atoms with E-state index in [9.17, 15) is 0 Å². The zero-order chi connectivity index (χ0) is 7.66. The average molecular weight is 180 g/mol. The standard InChI is InChI=1S/C9H21N.ClH/c1-2-3-4-5-6-7-8-9-10;/h2-10H2,1H3;1H. The van der Waals surface area contributed by atoms with Crippen molar-refractivity contribution in [1.29, 1.82) is 0 Å². The van der Waals surface area contributed by atoms with Gasteiger partial charge in [-0.1, -0.05) is 39.0 Å². The van der Waals surface area contributed by atoms with Crippen molar-refractivity contribution in [2.45, 2.75) is 51.9 Å². The van der Waals surface area contributed by atoms with Gasteiger partial charge in [0.05, 0.1) is 6.54 Å². The molecule has 0 aliphatic carbocycles. The third-order valence-corrected chi connectivity index (χ3v) is 1.85. The van der Waals surface area contributed by atoms with Crippen molar-refractivity contribution < 1.29 is 18.1 Å². The van der Waals surface area contributed by atoms with Crippen LogP contribution >= 0.6 is 0 Å². The Kier molecular flexibility index (Phi) is 16.2. The molecule has 0 bridgehead atoms. The van der Waals surface area contributed by atoms with Gasteiger partial charge in [-0.05, 0) is 12.8 Å². The third-order valence-electron chi connectivity index (χ3n) is 1.85. The maximum absolute atomic E-state index is 3.82. The lowest BCUT2D eigenvalue weighted by atomic mass is 10.1.